The molecule has 1 rings (SSSR count). The van der Waals surface area contributed by atoms with Gasteiger partial charge in [-0.05, 0) is 19.9 Å². The predicted molar refractivity (Wildman–Crippen MR) is 51.5 cm³/mol. The number of pyridine rings is 1. The Kier molecular flexibility index (Phi) is 3.41. The van der Waals surface area contributed by atoms with Crippen molar-refractivity contribution in [2.45, 2.75) is 25.9 Å². The molecule has 0 unspecified atom stereocenters. The van der Waals surface area contributed by atoms with Crippen molar-refractivity contribution in [1.82, 2.24) is 4.98 Å². The SMILES string of the molecule is CC(C)Oc1cncc(C(F)(F)C(=O)O)c1. The number of aromatic nitrogens is 1. The number of carboxylic acids is 1. The van der Waals surface area contributed by atoms with Gasteiger partial charge >= 0.3 is 11.9 Å². The van der Waals surface area contributed by atoms with Crippen molar-refractivity contribution in [2.24, 2.45) is 0 Å². The molecule has 0 amide bonds. The molecule has 0 spiro atoms. The predicted octanol–water partition coefficient (Wildman–Crippen LogP) is 2.05. The van der Waals surface area contributed by atoms with Gasteiger partial charge < -0.3 is 9.84 Å². The Labute approximate surface area is 90.9 Å². The van der Waals surface area contributed by atoms with Crippen molar-refractivity contribution < 1.29 is 23.4 Å². The molecular formula is C10H11F2NO3. The Morgan fingerprint density at radius 1 is 1.50 bits per heavy atom. The van der Waals surface area contributed by atoms with Gasteiger partial charge in [-0.25, -0.2) is 4.79 Å². The van der Waals surface area contributed by atoms with Crippen LogP contribution in [0.1, 0.15) is 19.4 Å². The molecule has 0 fully saturated rings. The number of rotatable bonds is 4. The molecule has 16 heavy (non-hydrogen) atoms. The number of aliphatic carboxylic acids is 1. The maximum absolute atomic E-state index is 13.1. The molecule has 0 saturated heterocycles. The van der Waals surface area contributed by atoms with Gasteiger partial charge in [-0.15, -0.1) is 0 Å². The largest absolute Gasteiger partial charge is 0.489 e. The van der Waals surface area contributed by atoms with Gasteiger partial charge in [-0.2, -0.15) is 8.78 Å². The van der Waals surface area contributed by atoms with Crippen LogP contribution in [-0.2, 0) is 10.7 Å². The summed E-state index contributed by atoms with van der Waals surface area (Å²) < 4.78 is 31.3. The summed E-state index contributed by atoms with van der Waals surface area (Å²) in [5, 5.41) is 8.35. The van der Waals surface area contributed by atoms with Gasteiger partial charge in [0.25, 0.3) is 0 Å². The van der Waals surface area contributed by atoms with Crippen LogP contribution >= 0.6 is 0 Å². The third-order valence-electron chi connectivity index (χ3n) is 1.72. The fourth-order valence-electron chi connectivity index (χ4n) is 1.05. The molecule has 0 radical (unpaired) electrons. The second-order valence-corrected chi connectivity index (χ2v) is 3.46. The highest BCUT2D eigenvalue weighted by Gasteiger charge is 2.41. The molecule has 0 bridgehead atoms. The maximum atomic E-state index is 13.1. The van der Waals surface area contributed by atoms with E-state index in [0.29, 0.717) is 0 Å². The standard InChI is InChI=1S/C10H11F2NO3/c1-6(2)16-8-3-7(4-13-5-8)10(11,12)9(14)15/h3-6H,1-2H3,(H,14,15). The molecule has 6 heteroatoms. The van der Waals surface area contributed by atoms with E-state index in [9.17, 15) is 13.6 Å². The lowest BCUT2D eigenvalue weighted by atomic mass is 10.1. The molecular weight excluding hydrogens is 220 g/mol. The Bertz CT molecular complexity index is 393. The molecule has 0 aliphatic heterocycles. The number of halogens is 2. The van der Waals surface area contributed by atoms with Crippen LogP contribution in [0.5, 0.6) is 5.75 Å². The molecule has 0 aliphatic carbocycles. The Hall–Kier alpha value is -1.72. The molecule has 88 valence electrons. The Morgan fingerprint density at radius 2 is 2.12 bits per heavy atom. The van der Waals surface area contributed by atoms with Crippen LogP contribution in [0.2, 0.25) is 0 Å². The van der Waals surface area contributed by atoms with Crippen LogP contribution in [-0.4, -0.2) is 22.2 Å². The number of hydrogen-bond donors (Lipinski definition) is 1. The minimum absolute atomic E-state index is 0.119. The highest BCUT2D eigenvalue weighted by Crippen LogP contribution is 2.29. The minimum Gasteiger partial charge on any atom is -0.489 e. The summed E-state index contributed by atoms with van der Waals surface area (Å²) in [6.07, 6.45) is 1.86. The zero-order valence-corrected chi connectivity index (χ0v) is 8.78. The number of hydrogen-bond acceptors (Lipinski definition) is 3. The fraction of sp³-hybridized carbons (Fsp3) is 0.400. The van der Waals surface area contributed by atoms with Crippen molar-refractivity contribution >= 4 is 5.97 Å². The van der Waals surface area contributed by atoms with E-state index < -0.39 is 17.5 Å². The van der Waals surface area contributed by atoms with Crippen LogP contribution in [0.4, 0.5) is 8.78 Å². The van der Waals surface area contributed by atoms with Gasteiger partial charge in [-0.3, -0.25) is 4.98 Å². The summed E-state index contributed by atoms with van der Waals surface area (Å²) in [6, 6.07) is 0.973. The van der Waals surface area contributed by atoms with E-state index in [-0.39, 0.29) is 11.9 Å². The second kappa shape index (κ2) is 4.42. The van der Waals surface area contributed by atoms with Crippen LogP contribution in [0.25, 0.3) is 0 Å². The fourth-order valence-corrected chi connectivity index (χ4v) is 1.05. The topological polar surface area (TPSA) is 59.4 Å². The van der Waals surface area contributed by atoms with E-state index in [1.807, 2.05) is 0 Å². The van der Waals surface area contributed by atoms with E-state index in [2.05, 4.69) is 4.98 Å². The first-order chi connectivity index (χ1) is 7.34. The average molecular weight is 231 g/mol. The molecule has 0 aromatic carbocycles. The molecule has 1 aromatic rings. The highest BCUT2D eigenvalue weighted by molar-refractivity contribution is 5.77. The minimum atomic E-state index is -3.96. The van der Waals surface area contributed by atoms with Crippen LogP contribution in [0, 0.1) is 0 Å². The number of ether oxygens (including phenoxy) is 1. The van der Waals surface area contributed by atoms with Crippen molar-refractivity contribution in [3.63, 3.8) is 0 Å². The zero-order valence-electron chi connectivity index (χ0n) is 8.78. The van der Waals surface area contributed by atoms with Crippen LogP contribution in [0.15, 0.2) is 18.5 Å². The van der Waals surface area contributed by atoms with Crippen LogP contribution in [0.3, 0.4) is 0 Å². The molecule has 0 aliphatic rings. The smallest absolute Gasteiger partial charge is 0.379 e. The number of carbonyl (C=O) groups is 1. The van der Waals surface area contributed by atoms with Crippen molar-refractivity contribution in [3.8, 4) is 5.75 Å². The lowest BCUT2D eigenvalue weighted by Gasteiger charge is -2.13. The number of nitrogens with zero attached hydrogens (tertiary/aromatic N) is 1. The lowest BCUT2D eigenvalue weighted by molar-refractivity contribution is -0.166. The second-order valence-electron chi connectivity index (χ2n) is 3.46. The molecule has 4 nitrogen and oxygen atoms in total. The summed E-state index contributed by atoms with van der Waals surface area (Å²) >= 11 is 0. The Balaban J connectivity index is 3.03. The van der Waals surface area contributed by atoms with Gasteiger partial charge in [0, 0.05) is 6.20 Å². The summed E-state index contributed by atoms with van der Waals surface area (Å²) in [4.78, 5) is 13.9. The van der Waals surface area contributed by atoms with E-state index in [1.54, 1.807) is 13.8 Å². The monoisotopic (exact) mass is 231 g/mol. The van der Waals surface area contributed by atoms with Crippen molar-refractivity contribution in [2.75, 3.05) is 0 Å². The highest BCUT2D eigenvalue weighted by atomic mass is 19.3. The summed E-state index contributed by atoms with van der Waals surface area (Å²) in [5.74, 6) is -6.05. The van der Waals surface area contributed by atoms with E-state index in [4.69, 9.17) is 9.84 Å². The van der Waals surface area contributed by atoms with E-state index >= 15 is 0 Å². The molecule has 1 N–H and O–H groups in total. The quantitative estimate of drug-likeness (QED) is 0.861. The van der Waals surface area contributed by atoms with Crippen molar-refractivity contribution in [3.05, 3.63) is 24.0 Å². The lowest BCUT2D eigenvalue weighted by Crippen LogP contribution is -2.25. The summed E-state index contributed by atoms with van der Waals surface area (Å²) in [6.45, 7) is 3.45. The number of carboxylic acid groups (broad SMARTS) is 1. The van der Waals surface area contributed by atoms with E-state index in [1.165, 1.54) is 6.20 Å². The van der Waals surface area contributed by atoms with Gasteiger partial charge in [-0.1, -0.05) is 0 Å². The zero-order chi connectivity index (χ0) is 12.3. The van der Waals surface area contributed by atoms with Crippen molar-refractivity contribution in [1.29, 1.82) is 0 Å². The summed E-state index contributed by atoms with van der Waals surface area (Å²) in [7, 11) is 0. The molecule has 0 saturated carbocycles. The van der Waals surface area contributed by atoms with Gasteiger partial charge in [0.05, 0.1) is 17.9 Å². The molecule has 1 aromatic heterocycles. The molecule has 0 atom stereocenters. The normalized spacial score (nSPS) is 11.6. The van der Waals surface area contributed by atoms with Crippen LogP contribution < -0.4 is 4.74 Å². The number of alkyl halides is 2. The average Bonchev–Trinajstić information content (AvgIpc) is 2.16. The maximum Gasteiger partial charge on any atom is 0.379 e. The third-order valence-corrected chi connectivity index (χ3v) is 1.72. The summed E-state index contributed by atoms with van der Waals surface area (Å²) in [5.41, 5.74) is -0.696. The van der Waals surface area contributed by atoms with E-state index in [0.717, 1.165) is 12.3 Å². The third kappa shape index (κ3) is 2.65. The van der Waals surface area contributed by atoms with Gasteiger partial charge in [0.1, 0.15) is 5.75 Å². The first-order valence-electron chi connectivity index (χ1n) is 4.57. The molecule has 1 heterocycles. The first-order valence-corrected chi connectivity index (χ1v) is 4.57. The first kappa shape index (κ1) is 12.4. The Morgan fingerprint density at radius 3 is 2.62 bits per heavy atom. The van der Waals surface area contributed by atoms with Gasteiger partial charge in [0.2, 0.25) is 0 Å². The van der Waals surface area contributed by atoms with Gasteiger partial charge in [0.15, 0.2) is 0 Å².